The predicted octanol–water partition coefficient (Wildman–Crippen LogP) is 8.19. The van der Waals surface area contributed by atoms with Crippen LogP contribution in [0, 0.1) is 0 Å². The van der Waals surface area contributed by atoms with Crippen molar-refractivity contribution in [3.05, 3.63) is 83.9 Å². The first-order valence-electron chi connectivity index (χ1n) is 13.2. The number of ether oxygens (including phenoxy) is 4. The van der Waals surface area contributed by atoms with Crippen molar-refractivity contribution in [3.63, 3.8) is 0 Å². The second kappa shape index (κ2) is 11.0. The number of benzene rings is 4. The van der Waals surface area contributed by atoms with Crippen LogP contribution in [0.15, 0.2) is 72.8 Å². The van der Waals surface area contributed by atoms with Gasteiger partial charge in [-0.25, -0.2) is 0 Å². The number of fused-ring (bicyclic) bond motifs is 3. The first-order chi connectivity index (χ1) is 18.2. The summed E-state index contributed by atoms with van der Waals surface area (Å²) in [5.74, 6) is 3.06. The highest BCUT2D eigenvalue weighted by Crippen LogP contribution is 2.48. The normalized spacial score (nSPS) is 11.6. The molecule has 0 aromatic heterocycles. The van der Waals surface area contributed by atoms with E-state index in [2.05, 4.69) is 60.7 Å². The molecule has 0 heterocycles. The maximum atomic E-state index is 6.01. The van der Waals surface area contributed by atoms with Gasteiger partial charge >= 0.3 is 0 Å². The third kappa shape index (κ3) is 4.76. The van der Waals surface area contributed by atoms with E-state index < -0.39 is 0 Å². The van der Waals surface area contributed by atoms with Crippen molar-refractivity contribution in [1.29, 1.82) is 0 Å². The molecule has 5 rings (SSSR count). The van der Waals surface area contributed by atoms with E-state index in [1.807, 2.05) is 39.8 Å². The summed E-state index contributed by atoms with van der Waals surface area (Å²) in [5.41, 5.74) is 9.85. The summed E-state index contributed by atoms with van der Waals surface area (Å²) in [6, 6.07) is 25.7. The molecule has 0 fully saturated rings. The van der Waals surface area contributed by atoms with Crippen LogP contribution in [0.5, 0.6) is 23.0 Å². The van der Waals surface area contributed by atoms with Crippen molar-refractivity contribution in [2.45, 2.75) is 34.1 Å². The van der Waals surface area contributed by atoms with Crippen molar-refractivity contribution >= 4 is 0 Å². The zero-order valence-electron chi connectivity index (χ0n) is 22.1. The Morgan fingerprint density at radius 3 is 1.70 bits per heavy atom. The Bertz CT molecular complexity index is 1410. The van der Waals surface area contributed by atoms with E-state index in [0.717, 1.165) is 46.1 Å². The summed E-state index contributed by atoms with van der Waals surface area (Å²) in [6.07, 6.45) is 0.890. The smallest absolute Gasteiger partial charge is 0.161 e. The largest absolute Gasteiger partial charge is 0.490 e. The van der Waals surface area contributed by atoms with Crippen LogP contribution in [0.1, 0.15) is 38.8 Å². The maximum absolute atomic E-state index is 6.01. The summed E-state index contributed by atoms with van der Waals surface area (Å²) < 4.78 is 23.7. The average molecular weight is 495 g/mol. The van der Waals surface area contributed by atoms with Crippen LogP contribution in [0.2, 0.25) is 0 Å². The second-order valence-electron chi connectivity index (χ2n) is 8.90. The molecule has 0 aliphatic heterocycles. The van der Waals surface area contributed by atoms with Gasteiger partial charge in [-0.3, -0.25) is 0 Å². The quantitative estimate of drug-likeness (QED) is 0.196. The molecule has 37 heavy (non-hydrogen) atoms. The molecular weight excluding hydrogens is 460 g/mol. The first kappa shape index (κ1) is 24.8. The summed E-state index contributed by atoms with van der Waals surface area (Å²) in [4.78, 5) is 0. The highest BCUT2D eigenvalue weighted by atomic mass is 16.5. The maximum Gasteiger partial charge on any atom is 0.161 e. The van der Waals surface area contributed by atoms with E-state index in [9.17, 15) is 0 Å². The minimum Gasteiger partial charge on any atom is -0.490 e. The Labute approximate surface area is 219 Å². The van der Waals surface area contributed by atoms with Crippen LogP contribution >= 0.6 is 0 Å². The molecule has 4 aromatic rings. The predicted molar refractivity (Wildman–Crippen MR) is 150 cm³/mol. The van der Waals surface area contributed by atoms with Gasteiger partial charge in [-0.1, -0.05) is 48.5 Å². The van der Waals surface area contributed by atoms with Crippen molar-refractivity contribution in [3.8, 4) is 56.4 Å². The fraction of sp³-hybridized carbons (Fsp3) is 0.273. The molecule has 0 saturated carbocycles. The van der Waals surface area contributed by atoms with E-state index in [0.29, 0.717) is 26.4 Å². The van der Waals surface area contributed by atoms with Gasteiger partial charge in [0.25, 0.3) is 0 Å². The Balaban J connectivity index is 1.73. The Morgan fingerprint density at radius 2 is 1.05 bits per heavy atom. The molecule has 0 spiro atoms. The lowest BCUT2D eigenvalue weighted by atomic mass is 9.87. The van der Waals surface area contributed by atoms with Gasteiger partial charge < -0.3 is 18.9 Å². The number of hydrogen-bond acceptors (Lipinski definition) is 4. The molecule has 4 aromatic carbocycles. The van der Waals surface area contributed by atoms with Crippen LogP contribution in [0.3, 0.4) is 0 Å². The molecule has 0 unspecified atom stereocenters. The number of rotatable bonds is 10. The zero-order chi connectivity index (χ0) is 25.8. The van der Waals surface area contributed by atoms with Crippen LogP contribution < -0.4 is 18.9 Å². The van der Waals surface area contributed by atoms with E-state index in [1.165, 1.54) is 27.8 Å². The lowest BCUT2D eigenvalue weighted by Crippen LogP contribution is -2.00. The molecule has 0 N–H and O–H groups in total. The molecule has 0 amide bonds. The molecule has 0 bridgehead atoms. The molecule has 1 aliphatic rings. The Hall–Kier alpha value is -3.92. The van der Waals surface area contributed by atoms with E-state index >= 15 is 0 Å². The highest BCUT2D eigenvalue weighted by molar-refractivity contribution is 5.94. The standard InChI is InChI=1S/C33H34O4/c1-5-34-29-17-13-23(20-31(29)36-7-3)26-15-16-27-25-12-10-9-11-22(25)19-28(27)33(26)24-14-18-30(35-6-2)32(21-24)37-8-4/h9-18,20-21H,5-8,19H2,1-4H3. The van der Waals surface area contributed by atoms with Crippen LogP contribution in [-0.2, 0) is 6.42 Å². The molecule has 1 aliphatic carbocycles. The molecule has 0 radical (unpaired) electrons. The van der Waals surface area contributed by atoms with E-state index in [1.54, 1.807) is 0 Å². The molecule has 4 heteroatoms. The third-order valence-electron chi connectivity index (χ3n) is 6.67. The van der Waals surface area contributed by atoms with Crippen molar-refractivity contribution in [2.24, 2.45) is 0 Å². The van der Waals surface area contributed by atoms with Gasteiger partial charge in [0, 0.05) is 0 Å². The van der Waals surface area contributed by atoms with Crippen LogP contribution in [0.25, 0.3) is 33.4 Å². The van der Waals surface area contributed by atoms with Crippen LogP contribution in [0.4, 0.5) is 0 Å². The molecular formula is C33H34O4. The summed E-state index contributed by atoms with van der Waals surface area (Å²) in [5, 5.41) is 0. The topological polar surface area (TPSA) is 36.9 Å². The first-order valence-corrected chi connectivity index (χ1v) is 13.2. The molecule has 0 atom stereocenters. The third-order valence-corrected chi connectivity index (χ3v) is 6.67. The fourth-order valence-electron chi connectivity index (χ4n) is 5.21. The van der Waals surface area contributed by atoms with Gasteiger partial charge in [-0.15, -0.1) is 0 Å². The minimum atomic E-state index is 0.575. The van der Waals surface area contributed by atoms with Crippen LogP contribution in [-0.4, -0.2) is 26.4 Å². The van der Waals surface area contributed by atoms with Crippen molar-refractivity contribution in [1.82, 2.24) is 0 Å². The zero-order valence-corrected chi connectivity index (χ0v) is 22.1. The van der Waals surface area contributed by atoms with Gasteiger partial charge in [-0.05, 0) is 103 Å². The van der Waals surface area contributed by atoms with Crippen molar-refractivity contribution in [2.75, 3.05) is 26.4 Å². The summed E-state index contributed by atoms with van der Waals surface area (Å²) in [7, 11) is 0. The van der Waals surface area contributed by atoms with Gasteiger partial charge in [0.15, 0.2) is 23.0 Å². The van der Waals surface area contributed by atoms with Gasteiger partial charge in [0.1, 0.15) is 0 Å². The van der Waals surface area contributed by atoms with E-state index in [-0.39, 0.29) is 0 Å². The Kier molecular flexibility index (Phi) is 7.36. The second-order valence-corrected chi connectivity index (χ2v) is 8.90. The van der Waals surface area contributed by atoms with Gasteiger partial charge in [0.2, 0.25) is 0 Å². The molecule has 4 nitrogen and oxygen atoms in total. The van der Waals surface area contributed by atoms with E-state index in [4.69, 9.17) is 18.9 Å². The van der Waals surface area contributed by atoms with Gasteiger partial charge in [0.05, 0.1) is 26.4 Å². The molecule has 0 saturated heterocycles. The SMILES string of the molecule is CCOc1ccc(-c2ccc3c(c2-c2ccc(OCC)c(OCC)c2)Cc2ccccc2-3)cc1OCC. The highest BCUT2D eigenvalue weighted by Gasteiger charge is 2.25. The Morgan fingerprint density at radius 1 is 0.514 bits per heavy atom. The lowest BCUT2D eigenvalue weighted by molar-refractivity contribution is 0.288. The number of hydrogen-bond donors (Lipinski definition) is 0. The fourth-order valence-corrected chi connectivity index (χ4v) is 5.21. The summed E-state index contributed by atoms with van der Waals surface area (Å²) in [6.45, 7) is 10.3. The molecule has 190 valence electrons. The van der Waals surface area contributed by atoms with Gasteiger partial charge in [-0.2, -0.15) is 0 Å². The lowest BCUT2D eigenvalue weighted by Gasteiger charge is -2.19. The summed E-state index contributed by atoms with van der Waals surface area (Å²) >= 11 is 0. The van der Waals surface area contributed by atoms with Crippen molar-refractivity contribution < 1.29 is 18.9 Å². The average Bonchev–Trinajstić information content (AvgIpc) is 3.29. The minimum absolute atomic E-state index is 0.575. The monoisotopic (exact) mass is 494 g/mol.